The maximum Gasteiger partial charge on any atom is 0.223 e. The van der Waals surface area contributed by atoms with Crippen LogP contribution in [0.1, 0.15) is 25.3 Å². The van der Waals surface area contributed by atoms with Crippen molar-refractivity contribution in [1.29, 1.82) is 0 Å². The van der Waals surface area contributed by atoms with E-state index in [1.807, 2.05) is 6.92 Å². The lowest BCUT2D eigenvalue weighted by Gasteiger charge is -2.17. The van der Waals surface area contributed by atoms with Crippen molar-refractivity contribution in [2.75, 3.05) is 18.8 Å². The number of hydrogen-bond donors (Lipinski definition) is 1. The summed E-state index contributed by atoms with van der Waals surface area (Å²) in [5.41, 5.74) is 0.863. The number of likely N-dealkylation sites (tertiary alicyclic amines) is 1. The summed E-state index contributed by atoms with van der Waals surface area (Å²) in [6, 6.07) is 6.04. The van der Waals surface area contributed by atoms with Crippen LogP contribution in [0.3, 0.4) is 0 Å². The molecule has 0 unspecified atom stereocenters. The smallest absolute Gasteiger partial charge is 0.223 e. The summed E-state index contributed by atoms with van der Waals surface area (Å²) in [5.74, 6) is -0.212. The predicted octanol–water partition coefficient (Wildman–Crippen LogP) is 1.50. The van der Waals surface area contributed by atoms with E-state index in [1.54, 1.807) is 17.0 Å². The Labute approximate surface area is 130 Å². The van der Waals surface area contributed by atoms with Crippen LogP contribution < -0.4 is 4.72 Å². The maximum atomic E-state index is 12.9. The van der Waals surface area contributed by atoms with Crippen molar-refractivity contribution in [1.82, 2.24) is 9.62 Å². The predicted molar refractivity (Wildman–Crippen MR) is 82.0 cm³/mol. The SMILES string of the molecule is CCCS(=O)(=O)NC[C@@H]1CC(=O)N(Cc2ccc(F)cc2)C1. The molecule has 0 aromatic heterocycles. The van der Waals surface area contributed by atoms with Crippen LogP contribution in [-0.4, -0.2) is 38.1 Å². The second kappa shape index (κ2) is 7.19. The lowest BCUT2D eigenvalue weighted by Crippen LogP contribution is -2.32. The number of sulfonamides is 1. The van der Waals surface area contributed by atoms with Gasteiger partial charge in [0.1, 0.15) is 5.82 Å². The molecule has 1 amide bonds. The van der Waals surface area contributed by atoms with E-state index < -0.39 is 10.0 Å². The van der Waals surface area contributed by atoms with Crippen molar-refractivity contribution in [3.8, 4) is 0 Å². The summed E-state index contributed by atoms with van der Waals surface area (Å²) in [4.78, 5) is 13.7. The summed E-state index contributed by atoms with van der Waals surface area (Å²) in [6.07, 6.45) is 0.908. The number of nitrogens with one attached hydrogen (secondary N) is 1. The number of benzene rings is 1. The van der Waals surface area contributed by atoms with E-state index in [2.05, 4.69) is 4.72 Å². The Morgan fingerprint density at radius 1 is 1.32 bits per heavy atom. The van der Waals surface area contributed by atoms with Gasteiger partial charge in [0.25, 0.3) is 0 Å². The molecule has 0 saturated carbocycles. The van der Waals surface area contributed by atoms with Crippen molar-refractivity contribution in [3.05, 3.63) is 35.6 Å². The first-order valence-electron chi connectivity index (χ1n) is 7.39. The van der Waals surface area contributed by atoms with Gasteiger partial charge in [-0.2, -0.15) is 0 Å². The van der Waals surface area contributed by atoms with E-state index in [4.69, 9.17) is 0 Å². The maximum absolute atomic E-state index is 12.9. The Balaban J connectivity index is 1.87. The lowest BCUT2D eigenvalue weighted by atomic mass is 10.1. The van der Waals surface area contributed by atoms with Crippen LogP contribution in [0.5, 0.6) is 0 Å². The molecule has 1 aromatic carbocycles. The molecule has 1 N–H and O–H groups in total. The Bertz CT molecular complexity index is 616. The zero-order valence-corrected chi connectivity index (χ0v) is 13.4. The standard InChI is InChI=1S/C15H21FN2O3S/c1-2-7-22(20,21)17-9-13-8-15(19)18(11-13)10-12-3-5-14(16)6-4-12/h3-6,13,17H,2,7-11H2,1H3/t13-/m0/s1. The van der Waals surface area contributed by atoms with Gasteiger partial charge in [-0.3, -0.25) is 4.79 Å². The van der Waals surface area contributed by atoms with Gasteiger partial charge in [-0.15, -0.1) is 0 Å². The average Bonchev–Trinajstić information content (AvgIpc) is 2.80. The normalized spacial score (nSPS) is 18.9. The molecule has 1 atom stereocenters. The van der Waals surface area contributed by atoms with Crippen LogP contribution in [0.15, 0.2) is 24.3 Å². The van der Waals surface area contributed by atoms with E-state index in [0.717, 1.165) is 5.56 Å². The molecule has 1 aromatic rings. The molecule has 1 saturated heterocycles. The van der Waals surface area contributed by atoms with Gasteiger partial charge in [0.2, 0.25) is 15.9 Å². The van der Waals surface area contributed by atoms with E-state index in [9.17, 15) is 17.6 Å². The third kappa shape index (κ3) is 4.78. The van der Waals surface area contributed by atoms with Crippen molar-refractivity contribution in [3.63, 3.8) is 0 Å². The molecule has 0 spiro atoms. The number of halogens is 1. The van der Waals surface area contributed by atoms with E-state index in [0.29, 0.717) is 25.9 Å². The molecular weight excluding hydrogens is 307 g/mol. The van der Waals surface area contributed by atoms with Gasteiger partial charge in [-0.25, -0.2) is 17.5 Å². The highest BCUT2D eigenvalue weighted by molar-refractivity contribution is 7.89. The molecule has 0 aliphatic carbocycles. The van der Waals surface area contributed by atoms with Gasteiger partial charge in [0.15, 0.2) is 0 Å². The minimum Gasteiger partial charge on any atom is -0.338 e. The van der Waals surface area contributed by atoms with Crippen LogP contribution in [0.25, 0.3) is 0 Å². The summed E-state index contributed by atoms with van der Waals surface area (Å²) < 4.78 is 38.7. The lowest BCUT2D eigenvalue weighted by molar-refractivity contribution is -0.128. The van der Waals surface area contributed by atoms with Crippen molar-refractivity contribution < 1.29 is 17.6 Å². The molecule has 22 heavy (non-hydrogen) atoms. The fourth-order valence-electron chi connectivity index (χ4n) is 2.54. The summed E-state index contributed by atoms with van der Waals surface area (Å²) in [7, 11) is -3.24. The zero-order valence-electron chi connectivity index (χ0n) is 12.6. The second-order valence-corrected chi connectivity index (χ2v) is 7.56. The van der Waals surface area contributed by atoms with Gasteiger partial charge in [-0.05, 0) is 30.0 Å². The number of rotatable bonds is 7. The first-order valence-corrected chi connectivity index (χ1v) is 9.04. The van der Waals surface area contributed by atoms with E-state index in [-0.39, 0.29) is 29.9 Å². The minimum atomic E-state index is -3.24. The van der Waals surface area contributed by atoms with Crippen LogP contribution in [0, 0.1) is 11.7 Å². The molecule has 7 heteroatoms. The van der Waals surface area contributed by atoms with Gasteiger partial charge in [0, 0.05) is 26.1 Å². The monoisotopic (exact) mass is 328 g/mol. The van der Waals surface area contributed by atoms with Crippen LogP contribution in [0.2, 0.25) is 0 Å². The first kappa shape index (κ1) is 16.9. The highest BCUT2D eigenvalue weighted by Gasteiger charge is 2.30. The highest BCUT2D eigenvalue weighted by Crippen LogP contribution is 2.20. The molecule has 1 heterocycles. The number of amides is 1. The average molecular weight is 328 g/mol. The van der Waals surface area contributed by atoms with Crippen LogP contribution >= 0.6 is 0 Å². The number of carbonyl (C=O) groups is 1. The molecule has 0 radical (unpaired) electrons. The number of nitrogens with zero attached hydrogens (tertiary/aromatic N) is 1. The third-order valence-corrected chi connectivity index (χ3v) is 5.20. The van der Waals surface area contributed by atoms with E-state index >= 15 is 0 Å². The zero-order chi connectivity index (χ0) is 16.2. The Kier molecular flexibility index (Phi) is 5.52. The van der Waals surface area contributed by atoms with Gasteiger partial charge in [-0.1, -0.05) is 19.1 Å². The molecule has 2 rings (SSSR count). The van der Waals surface area contributed by atoms with Gasteiger partial charge in [0.05, 0.1) is 5.75 Å². The molecule has 1 aliphatic heterocycles. The quantitative estimate of drug-likeness (QED) is 0.825. The molecule has 122 valence electrons. The molecule has 1 fully saturated rings. The Hall–Kier alpha value is -1.47. The second-order valence-electron chi connectivity index (χ2n) is 5.64. The number of carbonyl (C=O) groups excluding carboxylic acids is 1. The third-order valence-electron chi connectivity index (χ3n) is 3.65. The van der Waals surface area contributed by atoms with Crippen LogP contribution in [0.4, 0.5) is 4.39 Å². The Morgan fingerprint density at radius 2 is 2.00 bits per heavy atom. The fourth-order valence-corrected chi connectivity index (χ4v) is 3.71. The molecule has 5 nitrogen and oxygen atoms in total. The van der Waals surface area contributed by atoms with Crippen molar-refractivity contribution >= 4 is 15.9 Å². The van der Waals surface area contributed by atoms with Crippen molar-refractivity contribution in [2.45, 2.75) is 26.3 Å². The topological polar surface area (TPSA) is 66.5 Å². The largest absolute Gasteiger partial charge is 0.338 e. The molecule has 1 aliphatic rings. The molecular formula is C15H21FN2O3S. The van der Waals surface area contributed by atoms with Crippen molar-refractivity contribution in [2.24, 2.45) is 5.92 Å². The fraction of sp³-hybridized carbons (Fsp3) is 0.533. The number of hydrogen-bond acceptors (Lipinski definition) is 3. The summed E-state index contributed by atoms with van der Waals surface area (Å²) in [6.45, 7) is 3.04. The summed E-state index contributed by atoms with van der Waals surface area (Å²) >= 11 is 0. The van der Waals surface area contributed by atoms with Gasteiger partial charge >= 0.3 is 0 Å². The summed E-state index contributed by atoms with van der Waals surface area (Å²) in [5, 5.41) is 0. The van der Waals surface area contributed by atoms with Crippen LogP contribution in [-0.2, 0) is 21.4 Å². The van der Waals surface area contributed by atoms with Gasteiger partial charge < -0.3 is 4.90 Å². The van der Waals surface area contributed by atoms with E-state index in [1.165, 1.54) is 12.1 Å². The highest BCUT2D eigenvalue weighted by atomic mass is 32.2. The first-order chi connectivity index (χ1) is 10.4. The minimum absolute atomic E-state index is 0.00372. The Morgan fingerprint density at radius 3 is 2.64 bits per heavy atom. The molecule has 0 bridgehead atoms.